The highest BCUT2D eigenvalue weighted by atomic mass is 35.5. The number of hydrogen-bond donors (Lipinski definition) is 0. The van der Waals surface area contributed by atoms with Crippen LogP contribution in [0.4, 0.5) is 0 Å². The van der Waals surface area contributed by atoms with Gasteiger partial charge in [0.1, 0.15) is 0 Å². The van der Waals surface area contributed by atoms with Crippen molar-refractivity contribution in [3.63, 3.8) is 0 Å². The lowest BCUT2D eigenvalue weighted by Crippen LogP contribution is -2.08. The molecular weight excluding hydrogens is 190 g/mol. The van der Waals surface area contributed by atoms with Gasteiger partial charge < -0.3 is 0 Å². The van der Waals surface area contributed by atoms with Crippen LogP contribution < -0.4 is 0 Å². The van der Waals surface area contributed by atoms with E-state index in [4.69, 9.17) is 11.6 Å². The molecule has 0 aromatic heterocycles. The number of carbonyl (C=O) groups excluding carboxylic acids is 1. The lowest BCUT2D eigenvalue weighted by atomic mass is 10.1. The van der Waals surface area contributed by atoms with E-state index >= 15 is 0 Å². The van der Waals surface area contributed by atoms with E-state index in [-0.39, 0.29) is 5.71 Å². The molecule has 1 aromatic carbocycles. The lowest BCUT2D eigenvalue weighted by Gasteiger charge is -1.96. The first-order valence-electron chi connectivity index (χ1n) is 3.56. The topological polar surface area (TPSA) is 54.1 Å². The number of benzene rings is 1. The molecule has 0 radical (unpaired) electrons. The van der Waals surface area contributed by atoms with Crippen LogP contribution in [0.2, 0.25) is 5.02 Å². The molecule has 0 saturated heterocycles. The highest BCUT2D eigenvalue weighted by molar-refractivity contribution is 6.46. The van der Waals surface area contributed by atoms with Crippen LogP contribution in [0.3, 0.4) is 0 Å². The standard InChI is InChI=1S/C8H4ClN3O/c9-6-3-1-2-5(4-6)7-8(13)11-12-10-7/h1-4H. The Hall–Kier alpha value is -1.55. The van der Waals surface area contributed by atoms with E-state index in [2.05, 4.69) is 15.4 Å². The first-order valence-corrected chi connectivity index (χ1v) is 3.94. The van der Waals surface area contributed by atoms with Gasteiger partial charge in [0.2, 0.25) is 0 Å². The van der Waals surface area contributed by atoms with E-state index in [9.17, 15) is 4.79 Å². The molecule has 0 fully saturated rings. The summed E-state index contributed by atoms with van der Waals surface area (Å²) in [6.45, 7) is 0. The van der Waals surface area contributed by atoms with Crippen LogP contribution >= 0.6 is 11.6 Å². The molecule has 2 rings (SSSR count). The zero-order valence-corrected chi connectivity index (χ0v) is 7.19. The Kier molecular flexibility index (Phi) is 1.90. The Bertz CT molecular complexity index is 425. The van der Waals surface area contributed by atoms with Gasteiger partial charge in [-0.3, -0.25) is 4.79 Å². The van der Waals surface area contributed by atoms with E-state index < -0.39 is 5.91 Å². The molecule has 0 unspecified atom stereocenters. The Labute approximate surface area is 78.9 Å². The number of amides is 1. The van der Waals surface area contributed by atoms with Crippen LogP contribution in [-0.2, 0) is 4.79 Å². The first kappa shape index (κ1) is 8.07. The van der Waals surface area contributed by atoms with E-state index in [1.807, 2.05) is 0 Å². The van der Waals surface area contributed by atoms with Crippen molar-refractivity contribution in [3.8, 4) is 0 Å². The molecule has 1 amide bonds. The molecule has 1 aliphatic rings. The molecule has 0 aliphatic carbocycles. The Morgan fingerprint density at radius 3 is 2.77 bits per heavy atom. The van der Waals surface area contributed by atoms with Crippen LogP contribution in [0.5, 0.6) is 0 Å². The molecule has 0 bridgehead atoms. The van der Waals surface area contributed by atoms with Crippen LogP contribution in [0.25, 0.3) is 0 Å². The number of carbonyl (C=O) groups is 1. The van der Waals surface area contributed by atoms with E-state index in [0.29, 0.717) is 10.6 Å². The molecule has 13 heavy (non-hydrogen) atoms. The molecule has 1 aromatic rings. The van der Waals surface area contributed by atoms with E-state index in [1.165, 1.54) is 0 Å². The average Bonchev–Trinajstić information content (AvgIpc) is 2.51. The maximum absolute atomic E-state index is 11.1. The van der Waals surface area contributed by atoms with Crippen LogP contribution in [0, 0.1) is 0 Å². The molecule has 0 atom stereocenters. The summed E-state index contributed by atoms with van der Waals surface area (Å²) in [7, 11) is 0. The van der Waals surface area contributed by atoms with Gasteiger partial charge in [0, 0.05) is 10.6 Å². The first-order chi connectivity index (χ1) is 6.27. The van der Waals surface area contributed by atoms with Gasteiger partial charge in [-0.05, 0) is 17.4 Å². The number of rotatable bonds is 1. The third kappa shape index (κ3) is 1.48. The average molecular weight is 194 g/mol. The van der Waals surface area contributed by atoms with Gasteiger partial charge in [-0.2, -0.15) is 0 Å². The second-order valence-electron chi connectivity index (χ2n) is 2.45. The van der Waals surface area contributed by atoms with Crippen molar-refractivity contribution >= 4 is 23.2 Å². The largest absolute Gasteiger partial charge is 0.318 e. The molecule has 0 spiro atoms. The van der Waals surface area contributed by atoms with Gasteiger partial charge in [-0.25, -0.2) is 0 Å². The molecule has 0 N–H and O–H groups in total. The maximum Gasteiger partial charge on any atom is 0.318 e. The molecule has 0 saturated carbocycles. The minimum Gasteiger partial charge on any atom is -0.263 e. The second kappa shape index (κ2) is 3.06. The van der Waals surface area contributed by atoms with Gasteiger partial charge in [0.15, 0.2) is 5.71 Å². The van der Waals surface area contributed by atoms with Crippen LogP contribution in [-0.4, -0.2) is 11.6 Å². The van der Waals surface area contributed by atoms with Gasteiger partial charge in [0.25, 0.3) is 0 Å². The predicted molar refractivity (Wildman–Crippen MR) is 47.9 cm³/mol. The van der Waals surface area contributed by atoms with E-state index in [1.54, 1.807) is 24.3 Å². The fourth-order valence-electron chi connectivity index (χ4n) is 1.01. The highest BCUT2D eigenvalue weighted by Gasteiger charge is 2.17. The molecule has 5 heteroatoms. The third-order valence-electron chi connectivity index (χ3n) is 1.58. The van der Waals surface area contributed by atoms with Crippen molar-refractivity contribution in [1.29, 1.82) is 0 Å². The van der Waals surface area contributed by atoms with Gasteiger partial charge in [0.05, 0.1) is 0 Å². The fourth-order valence-corrected chi connectivity index (χ4v) is 1.21. The third-order valence-corrected chi connectivity index (χ3v) is 1.82. The van der Waals surface area contributed by atoms with Crippen LogP contribution in [0.1, 0.15) is 5.56 Å². The molecule has 1 aliphatic heterocycles. The fraction of sp³-hybridized carbons (Fsp3) is 0. The Morgan fingerprint density at radius 1 is 1.31 bits per heavy atom. The summed E-state index contributed by atoms with van der Waals surface area (Å²) in [5, 5.41) is 10.7. The normalized spacial score (nSPS) is 14.8. The van der Waals surface area contributed by atoms with Crippen molar-refractivity contribution in [2.45, 2.75) is 0 Å². The molecule has 4 nitrogen and oxygen atoms in total. The van der Waals surface area contributed by atoms with Gasteiger partial charge in [-0.1, -0.05) is 28.8 Å². The number of hydrogen-bond acceptors (Lipinski definition) is 3. The summed E-state index contributed by atoms with van der Waals surface area (Å²) in [5.41, 5.74) is 0.880. The summed E-state index contributed by atoms with van der Waals surface area (Å²) in [5.74, 6) is -0.428. The lowest BCUT2D eigenvalue weighted by molar-refractivity contribution is -0.111. The van der Waals surface area contributed by atoms with E-state index in [0.717, 1.165) is 0 Å². The second-order valence-corrected chi connectivity index (χ2v) is 2.89. The monoisotopic (exact) mass is 193 g/mol. The smallest absolute Gasteiger partial charge is 0.263 e. The van der Waals surface area contributed by atoms with Crippen molar-refractivity contribution in [2.24, 2.45) is 15.4 Å². The zero-order valence-electron chi connectivity index (χ0n) is 6.44. The summed E-state index contributed by atoms with van der Waals surface area (Å²) in [4.78, 5) is 11.1. The number of halogens is 1. The van der Waals surface area contributed by atoms with Crippen molar-refractivity contribution in [1.82, 2.24) is 0 Å². The Morgan fingerprint density at radius 2 is 2.15 bits per heavy atom. The maximum atomic E-state index is 11.1. The van der Waals surface area contributed by atoms with Crippen molar-refractivity contribution < 1.29 is 4.79 Å². The van der Waals surface area contributed by atoms with Crippen molar-refractivity contribution in [2.75, 3.05) is 0 Å². The summed E-state index contributed by atoms with van der Waals surface area (Å²) >= 11 is 5.74. The molecular formula is C8H4ClN3O. The van der Waals surface area contributed by atoms with Gasteiger partial charge >= 0.3 is 5.91 Å². The minimum atomic E-state index is -0.428. The molecule has 64 valence electrons. The quantitative estimate of drug-likeness (QED) is 0.673. The van der Waals surface area contributed by atoms with Crippen LogP contribution in [0.15, 0.2) is 39.7 Å². The summed E-state index contributed by atoms with van der Waals surface area (Å²) < 4.78 is 0. The number of nitrogens with zero attached hydrogens (tertiary/aromatic N) is 3. The van der Waals surface area contributed by atoms with Gasteiger partial charge in [-0.15, -0.1) is 5.10 Å². The SMILES string of the molecule is O=C1N=NN=C1c1cccc(Cl)c1. The minimum absolute atomic E-state index is 0.238. The zero-order chi connectivity index (χ0) is 9.26. The molecule has 1 heterocycles. The summed E-state index contributed by atoms with van der Waals surface area (Å²) in [6, 6.07) is 6.85. The predicted octanol–water partition coefficient (Wildman–Crippen LogP) is 2.04. The Balaban J connectivity index is 2.42. The highest BCUT2D eigenvalue weighted by Crippen LogP contribution is 2.14. The van der Waals surface area contributed by atoms with Crippen molar-refractivity contribution in [3.05, 3.63) is 34.9 Å². The summed E-state index contributed by atoms with van der Waals surface area (Å²) in [6.07, 6.45) is 0.